The van der Waals surface area contributed by atoms with Gasteiger partial charge in [-0.05, 0) is 103 Å². The third kappa shape index (κ3) is 3.15. The summed E-state index contributed by atoms with van der Waals surface area (Å²) >= 11 is 0. The second-order valence-corrected chi connectivity index (χ2v) is 9.05. The van der Waals surface area contributed by atoms with E-state index in [1.54, 1.807) is 19.8 Å². The normalized spacial score (nSPS) is 30.2. The van der Waals surface area contributed by atoms with Crippen LogP contribution in [0.15, 0.2) is 36.4 Å². The maximum absolute atomic E-state index is 5.83. The first-order chi connectivity index (χ1) is 14.2. The molecule has 3 nitrogen and oxygen atoms in total. The molecule has 2 aromatic carbocycles. The van der Waals surface area contributed by atoms with Crippen LogP contribution in [0.3, 0.4) is 0 Å². The molecule has 0 N–H and O–H groups in total. The molecule has 2 fully saturated rings. The Morgan fingerprint density at radius 3 is 2.28 bits per heavy atom. The number of ether oxygens (including phenoxy) is 3. The molecule has 0 radical (unpaired) electrons. The lowest BCUT2D eigenvalue weighted by atomic mass is 9.60. The first kappa shape index (κ1) is 19.0. The van der Waals surface area contributed by atoms with Crippen LogP contribution in [0, 0.1) is 17.8 Å². The summed E-state index contributed by atoms with van der Waals surface area (Å²) in [5.74, 6) is 5.01. The van der Waals surface area contributed by atoms with Gasteiger partial charge in [0.05, 0.1) is 20.3 Å². The van der Waals surface area contributed by atoms with Gasteiger partial charge in [-0.15, -0.1) is 0 Å². The van der Waals surface area contributed by atoms with Crippen LogP contribution < -0.4 is 9.47 Å². The van der Waals surface area contributed by atoms with Gasteiger partial charge in [-0.25, -0.2) is 0 Å². The number of methoxy groups -OCH3 is 3. The van der Waals surface area contributed by atoms with Gasteiger partial charge in [0.25, 0.3) is 0 Å². The molecule has 0 aliphatic heterocycles. The molecule has 3 aliphatic carbocycles. The Morgan fingerprint density at radius 2 is 1.55 bits per heavy atom. The van der Waals surface area contributed by atoms with Gasteiger partial charge in [-0.1, -0.05) is 12.1 Å². The van der Waals surface area contributed by atoms with Gasteiger partial charge in [-0.3, -0.25) is 0 Å². The van der Waals surface area contributed by atoms with Crippen molar-refractivity contribution in [2.24, 2.45) is 17.8 Å². The molecule has 0 bridgehead atoms. The average molecular weight is 393 g/mol. The molecule has 5 atom stereocenters. The van der Waals surface area contributed by atoms with Crippen molar-refractivity contribution < 1.29 is 14.2 Å². The van der Waals surface area contributed by atoms with Crippen molar-refractivity contribution in [2.45, 2.75) is 50.5 Å². The van der Waals surface area contributed by atoms with E-state index >= 15 is 0 Å². The van der Waals surface area contributed by atoms with Crippen LogP contribution in [0.25, 0.3) is 11.1 Å². The summed E-state index contributed by atoms with van der Waals surface area (Å²) in [6.07, 6.45) is 8.20. The van der Waals surface area contributed by atoms with Crippen LogP contribution in [-0.4, -0.2) is 27.4 Å². The van der Waals surface area contributed by atoms with Crippen molar-refractivity contribution in [2.75, 3.05) is 21.3 Å². The van der Waals surface area contributed by atoms with E-state index in [0.717, 1.165) is 29.3 Å². The van der Waals surface area contributed by atoms with Crippen LogP contribution in [0.2, 0.25) is 0 Å². The highest BCUT2D eigenvalue weighted by atomic mass is 16.5. The first-order valence-electron chi connectivity index (χ1n) is 11.1. The van der Waals surface area contributed by atoms with E-state index in [9.17, 15) is 0 Å². The molecular weight excluding hydrogens is 360 g/mol. The van der Waals surface area contributed by atoms with Crippen LogP contribution in [0.5, 0.6) is 11.5 Å². The summed E-state index contributed by atoms with van der Waals surface area (Å²) in [6, 6.07) is 13.1. The fourth-order valence-electron chi connectivity index (χ4n) is 6.66. The molecule has 0 amide bonds. The first-order valence-corrected chi connectivity index (χ1v) is 11.1. The van der Waals surface area contributed by atoms with Crippen LogP contribution in [0.4, 0.5) is 0 Å². The van der Waals surface area contributed by atoms with Crippen molar-refractivity contribution in [3.63, 3.8) is 0 Å². The maximum Gasteiger partial charge on any atom is 0.126 e. The monoisotopic (exact) mass is 392 g/mol. The number of fused-ring (bicyclic) bond motifs is 5. The second kappa shape index (κ2) is 7.68. The van der Waals surface area contributed by atoms with Gasteiger partial charge < -0.3 is 14.2 Å². The lowest BCUT2D eigenvalue weighted by molar-refractivity contribution is 0.0243. The molecule has 154 valence electrons. The Bertz CT molecular complexity index is 872. The van der Waals surface area contributed by atoms with Crippen LogP contribution in [-0.2, 0) is 11.2 Å². The van der Waals surface area contributed by atoms with Crippen LogP contribution in [0.1, 0.15) is 49.1 Å². The Labute approximate surface area is 174 Å². The van der Waals surface area contributed by atoms with Crippen molar-refractivity contribution in [1.82, 2.24) is 0 Å². The van der Waals surface area contributed by atoms with E-state index in [1.807, 2.05) is 19.2 Å². The predicted octanol–water partition coefficient (Wildman–Crippen LogP) is 5.85. The molecule has 29 heavy (non-hydrogen) atoms. The van der Waals surface area contributed by atoms with Crippen molar-refractivity contribution in [1.29, 1.82) is 0 Å². The summed E-state index contributed by atoms with van der Waals surface area (Å²) in [6.45, 7) is 0. The largest absolute Gasteiger partial charge is 0.497 e. The molecule has 5 rings (SSSR count). The lowest BCUT2D eigenvalue weighted by Gasteiger charge is -2.45. The van der Waals surface area contributed by atoms with E-state index in [4.69, 9.17) is 14.2 Å². The van der Waals surface area contributed by atoms with Gasteiger partial charge >= 0.3 is 0 Å². The summed E-state index contributed by atoms with van der Waals surface area (Å²) in [4.78, 5) is 0. The average Bonchev–Trinajstić information content (AvgIpc) is 3.21. The SMILES string of the molecule is COc1ccc(-c2cc3c(cc2OC)CCC2C3CCC3C(OC)CCC32)cc1. The van der Waals surface area contributed by atoms with Crippen molar-refractivity contribution in [3.8, 4) is 22.6 Å². The molecule has 2 saturated carbocycles. The van der Waals surface area contributed by atoms with Gasteiger partial charge in [0.15, 0.2) is 0 Å². The Kier molecular flexibility index (Phi) is 5.03. The lowest BCUT2D eigenvalue weighted by Crippen LogP contribution is -2.37. The van der Waals surface area contributed by atoms with E-state index < -0.39 is 0 Å². The van der Waals surface area contributed by atoms with E-state index in [0.29, 0.717) is 12.0 Å². The standard InChI is InChI=1S/C26H32O3/c1-27-18-7-4-16(5-8-18)24-15-23-17(14-26(24)29-3)6-9-19-20-12-13-25(28-2)22(20)11-10-21(19)23/h4-5,7-8,14-15,19-22,25H,6,9-13H2,1-3H3. The van der Waals surface area contributed by atoms with Crippen molar-refractivity contribution >= 4 is 0 Å². The highest BCUT2D eigenvalue weighted by Crippen LogP contribution is 2.56. The zero-order valence-electron chi connectivity index (χ0n) is 17.8. The third-order valence-electron chi connectivity index (χ3n) is 8.00. The summed E-state index contributed by atoms with van der Waals surface area (Å²) in [5, 5.41) is 0. The fourth-order valence-corrected chi connectivity index (χ4v) is 6.66. The topological polar surface area (TPSA) is 27.7 Å². The van der Waals surface area contributed by atoms with Gasteiger partial charge in [0, 0.05) is 12.7 Å². The molecule has 0 aromatic heterocycles. The molecular formula is C26H32O3. The number of hydrogen-bond donors (Lipinski definition) is 0. The van der Waals surface area contributed by atoms with Crippen molar-refractivity contribution in [3.05, 3.63) is 47.5 Å². The molecule has 0 heterocycles. The predicted molar refractivity (Wildman–Crippen MR) is 116 cm³/mol. The van der Waals surface area contributed by atoms with Gasteiger partial charge in [0.1, 0.15) is 11.5 Å². The van der Waals surface area contributed by atoms with Crippen LogP contribution >= 0.6 is 0 Å². The van der Waals surface area contributed by atoms with Gasteiger partial charge in [-0.2, -0.15) is 0 Å². The summed E-state index contributed by atoms with van der Waals surface area (Å²) in [5.41, 5.74) is 5.48. The number of rotatable bonds is 4. The molecule has 0 saturated heterocycles. The van der Waals surface area contributed by atoms with E-state index in [1.165, 1.54) is 55.2 Å². The maximum atomic E-state index is 5.83. The molecule has 0 spiro atoms. The second-order valence-electron chi connectivity index (χ2n) is 9.05. The summed E-state index contributed by atoms with van der Waals surface area (Å²) < 4.78 is 17.0. The zero-order chi connectivity index (χ0) is 20.0. The molecule has 5 unspecified atom stereocenters. The zero-order valence-corrected chi connectivity index (χ0v) is 17.8. The third-order valence-corrected chi connectivity index (χ3v) is 8.00. The quantitative estimate of drug-likeness (QED) is 0.653. The molecule has 3 heteroatoms. The van der Waals surface area contributed by atoms with Gasteiger partial charge in [0.2, 0.25) is 0 Å². The highest BCUT2D eigenvalue weighted by Gasteiger charge is 2.48. The minimum atomic E-state index is 0.494. The number of aryl methyl sites for hydroxylation is 1. The number of hydrogen-bond acceptors (Lipinski definition) is 3. The number of benzene rings is 2. The van der Waals surface area contributed by atoms with E-state index in [-0.39, 0.29) is 0 Å². The Hall–Kier alpha value is -2.00. The Balaban J connectivity index is 1.51. The molecule has 3 aliphatic rings. The Morgan fingerprint density at radius 1 is 0.759 bits per heavy atom. The minimum Gasteiger partial charge on any atom is -0.497 e. The van der Waals surface area contributed by atoms with E-state index in [2.05, 4.69) is 24.3 Å². The smallest absolute Gasteiger partial charge is 0.126 e. The highest BCUT2D eigenvalue weighted by molar-refractivity contribution is 5.73. The summed E-state index contributed by atoms with van der Waals surface area (Å²) in [7, 11) is 5.40. The minimum absolute atomic E-state index is 0.494. The molecule has 2 aromatic rings. The fraction of sp³-hybridized carbons (Fsp3) is 0.538.